The van der Waals surface area contributed by atoms with Crippen LogP contribution in [0, 0.1) is 10.1 Å². The van der Waals surface area contributed by atoms with Gasteiger partial charge in [0.15, 0.2) is 0 Å². The fourth-order valence-electron chi connectivity index (χ4n) is 1.11. The SMILES string of the molecule is C=CCOc1ccc([N+](=O)[O-])c(CO)c1. The van der Waals surface area contributed by atoms with Gasteiger partial charge < -0.3 is 9.84 Å². The van der Waals surface area contributed by atoms with Gasteiger partial charge in [-0.2, -0.15) is 0 Å². The molecule has 0 radical (unpaired) electrons. The Morgan fingerprint density at radius 2 is 2.33 bits per heavy atom. The largest absolute Gasteiger partial charge is 0.490 e. The van der Waals surface area contributed by atoms with Crippen molar-refractivity contribution in [3.05, 3.63) is 46.5 Å². The van der Waals surface area contributed by atoms with Gasteiger partial charge in [-0.3, -0.25) is 10.1 Å². The number of hydrogen-bond acceptors (Lipinski definition) is 4. The van der Waals surface area contributed by atoms with E-state index in [4.69, 9.17) is 9.84 Å². The number of rotatable bonds is 5. The average Bonchev–Trinajstić information content (AvgIpc) is 2.25. The number of aliphatic hydroxyl groups excluding tert-OH is 1. The first-order chi connectivity index (χ1) is 7.19. The summed E-state index contributed by atoms with van der Waals surface area (Å²) in [5.41, 5.74) is 0.130. The van der Waals surface area contributed by atoms with E-state index in [0.717, 1.165) is 0 Å². The van der Waals surface area contributed by atoms with Gasteiger partial charge in [0, 0.05) is 6.07 Å². The molecule has 0 fully saturated rings. The topological polar surface area (TPSA) is 72.6 Å². The third kappa shape index (κ3) is 2.78. The van der Waals surface area contributed by atoms with E-state index in [9.17, 15) is 10.1 Å². The lowest BCUT2D eigenvalue weighted by Crippen LogP contribution is -1.98. The minimum absolute atomic E-state index is 0.108. The molecule has 0 aliphatic carbocycles. The van der Waals surface area contributed by atoms with E-state index in [0.29, 0.717) is 12.4 Å². The first kappa shape index (κ1) is 11.2. The molecule has 1 rings (SSSR count). The molecule has 0 aliphatic heterocycles. The second-order valence-corrected chi connectivity index (χ2v) is 2.81. The van der Waals surface area contributed by atoms with Gasteiger partial charge in [-0.1, -0.05) is 12.7 Å². The molecule has 0 aromatic heterocycles. The summed E-state index contributed by atoms with van der Waals surface area (Å²) >= 11 is 0. The Bertz CT molecular complexity index is 376. The van der Waals surface area contributed by atoms with Crippen LogP contribution in [0.1, 0.15) is 5.56 Å². The highest BCUT2D eigenvalue weighted by Crippen LogP contribution is 2.23. The summed E-state index contributed by atoms with van der Waals surface area (Å²) in [6.45, 7) is 3.42. The Hall–Kier alpha value is -1.88. The maximum absolute atomic E-state index is 10.5. The molecule has 5 nitrogen and oxygen atoms in total. The standard InChI is InChI=1S/C10H11NO4/c1-2-5-15-9-3-4-10(11(13)14)8(6-9)7-12/h2-4,6,12H,1,5,7H2. The molecule has 5 heteroatoms. The van der Waals surface area contributed by atoms with Gasteiger partial charge in [0.25, 0.3) is 5.69 Å². The fourth-order valence-corrected chi connectivity index (χ4v) is 1.11. The third-order valence-electron chi connectivity index (χ3n) is 1.79. The van der Waals surface area contributed by atoms with Crippen LogP contribution in [-0.4, -0.2) is 16.6 Å². The monoisotopic (exact) mass is 209 g/mol. The lowest BCUT2D eigenvalue weighted by molar-refractivity contribution is -0.385. The number of nitro groups is 1. The molecule has 0 amide bonds. The van der Waals surface area contributed by atoms with E-state index in [1.54, 1.807) is 6.08 Å². The van der Waals surface area contributed by atoms with E-state index in [1.165, 1.54) is 18.2 Å². The molecule has 15 heavy (non-hydrogen) atoms. The van der Waals surface area contributed by atoms with Crippen molar-refractivity contribution >= 4 is 5.69 Å². The van der Waals surface area contributed by atoms with Crippen molar-refractivity contribution in [2.24, 2.45) is 0 Å². The molecule has 0 saturated carbocycles. The molecule has 0 spiro atoms. The Morgan fingerprint density at radius 1 is 1.60 bits per heavy atom. The zero-order valence-electron chi connectivity index (χ0n) is 8.05. The molecule has 1 aromatic rings. The first-order valence-electron chi connectivity index (χ1n) is 4.31. The normalized spacial score (nSPS) is 9.67. The summed E-state index contributed by atoms with van der Waals surface area (Å²) in [6, 6.07) is 4.24. The lowest BCUT2D eigenvalue weighted by Gasteiger charge is -2.05. The number of benzene rings is 1. The fraction of sp³-hybridized carbons (Fsp3) is 0.200. The summed E-state index contributed by atoms with van der Waals surface area (Å²) in [5.74, 6) is 0.476. The summed E-state index contributed by atoms with van der Waals surface area (Å²) in [6.07, 6.45) is 1.57. The van der Waals surface area contributed by atoms with Crippen molar-refractivity contribution in [3.8, 4) is 5.75 Å². The molecule has 0 unspecified atom stereocenters. The highest BCUT2D eigenvalue weighted by molar-refractivity contribution is 5.44. The Morgan fingerprint density at radius 3 is 2.87 bits per heavy atom. The van der Waals surface area contributed by atoms with Gasteiger partial charge in [-0.15, -0.1) is 0 Å². The average molecular weight is 209 g/mol. The number of hydrogen-bond donors (Lipinski definition) is 1. The van der Waals surface area contributed by atoms with Crippen LogP contribution >= 0.6 is 0 Å². The van der Waals surface area contributed by atoms with Crippen molar-refractivity contribution in [2.75, 3.05) is 6.61 Å². The third-order valence-corrected chi connectivity index (χ3v) is 1.79. The van der Waals surface area contributed by atoms with E-state index in [2.05, 4.69) is 6.58 Å². The smallest absolute Gasteiger partial charge is 0.275 e. The Balaban J connectivity index is 2.96. The second-order valence-electron chi connectivity index (χ2n) is 2.81. The zero-order valence-corrected chi connectivity index (χ0v) is 8.05. The maximum atomic E-state index is 10.5. The van der Waals surface area contributed by atoms with Crippen molar-refractivity contribution in [1.82, 2.24) is 0 Å². The van der Waals surface area contributed by atoms with Gasteiger partial charge in [-0.05, 0) is 12.1 Å². The highest BCUT2D eigenvalue weighted by atomic mass is 16.6. The van der Waals surface area contributed by atoms with Gasteiger partial charge in [0.05, 0.1) is 17.1 Å². The van der Waals surface area contributed by atoms with E-state index >= 15 is 0 Å². The summed E-state index contributed by atoms with van der Waals surface area (Å²) in [5, 5.41) is 19.5. The first-order valence-corrected chi connectivity index (χ1v) is 4.31. The van der Waals surface area contributed by atoms with Crippen molar-refractivity contribution in [2.45, 2.75) is 6.61 Å². The molecule has 0 aliphatic rings. The van der Waals surface area contributed by atoms with Crippen LogP contribution in [0.15, 0.2) is 30.9 Å². The molecule has 0 atom stereocenters. The maximum Gasteiger partial charge on any atom is 0.275 e. The molecule has 0 heterocycles. The van der Waals surface area contributed by atoms with E-state index in [-0.39, 0.29) is 17.9 Å². The van der Waals surface area contributed by atoms with Crippen LogP contribution < -0.4 is 4.74 Å². The number of aliphatic hydroxyl groups is 1. The lowest BCUT2D eigenvalue weighted by atomic mass is 10.2. The van der Waals surface area contributed by atoms with Crippen LogP contribution in [0.2, 0.25) is 0 Å². The number of nitrogens with zero attached hydrogens (tertiary/aromatic N) is 1. The molecule has 80 valence electrons. The molecule has 1 N–H and O–H groups in total. The number of ether oxygens (including phenoxy) is 1. The molecular weight excluding hydrogens is 198 g/mol. The summed E-state index contributed by atoms with van der Waals surface area (Å²) < 4.78 is 5.18. The Kier molecular flexibility index (Phi) is 3.82. The predicted molar refractivity (Wildman–Crippen MR) is 54.7 cm³/mol. The van der Waals surface area contributed by atoms with Crippen LogP contribution in [-0.2, 0) is 6.61 Å². The van der Waals surface area contributed by atoms with Crippen LogP contribution in [0.3, 0.4) is 0 Å². The van der Waals surface area contributed by atoms with E-state index < -0.39 is 4.92 Å². The van der Waals surface area contributed by atoms with Gasteiger partial charge in [-0.25, -0.2) is 0 Å². The van der Waals surface area contributed by atoms with Gasteiger partial charge in [0.2, 0.25) is 0 Å². The second kappa shape index (κ2) is 5.11. The molecular formula is C10H11NO4. The van der Waals surface area contributed by atoms with Crippen LogP contribution in [0.4, 0.5) is 5.69 Å². The molecule has 0 saturated heterocycles. The predicted octanol–water partition coefficient (Wildman–Crippen LogP) is 1.65. The number of nitro benzene ring substituents is 1. The quantitative estimate of drug-likeness (QED) is 0.454. The van der Waals surface area contributed by atoms with Crippen molar-refractivity contribution in [3.63, 3.8) is 0 Å². The van der Waals surface area contributed by atoms with Crippen LogP contribution in [0.25, 0.3) is 0 Å². The highest BCUT2D eigenvalue weighted by Gasteiger charge is 2.13. The summed E-state index contributed by atoms with van der Waals surface area (Å²) in [4.78, 5) is 10.0. The Labute approximate surface area is 86.8 Å². The summed E-state index contributed by atoms with van der Waals surface area (Å²) in [7, 11) is 0. The van der Waals surface area contributed by atoms with Crippen LogP contribution in [0.5, 0.6) is 5.75 Å². The molecule has 0 bridgehead atoms. The minimum Gasteiger partial charge on any atom is -0.490 e. The van der Waals surface area contributed by atoms with E-state index in [1.807, 2.05) is 0 Å². The van der Waals surface area contributed by atoms with Gasteiger partial charge in [0.1, 0.15) is 12.4 Å². The molecule has 1 aromatic carbocycles. The van der Waals surface area contributed by atoms with Crippen molar-refractivity contribution < 1.29 is 14.8 Å². The minimum atomic E-state index is -0.539. The van der Waals surface area contributed by atoms with Crippen molar-refractivity contribution in [1.29, 1.82) is 0 Å². The van der Waals surface area contributed by atoms with Gasteiger partial charge >= 0.3 is 0 Å². The zero-order chi connectivity index (χ0) is 11.3.